The van der Waals surface area contributed by atoms with Gasteiger partial charge in [-0.1, -0.05) is 72.0 Å². The lowest BCUT2D eigenvalue weighted by Crippen LogP contribution is -2.26. The number of aromatic nitrogens is 1. The average Bonchev–Trinajstić information content (AvgIpc) is 3.47. The number of aryl methyl sites for hydroxylation is 2. The highest BCUT2D eigenvalue weighted by Gasteiger charge is 2.24. The maximum absolute atomic E-state index is 9.99. The third kappa shape index (κ3) is 3.14. The Bertz CT molecular complexity index is 1740. The summed E-state index contributed by atoms with van der Waals surface area (Å²) in [5.41, 5.74) is 8.56. The molecule has 0 radical (unpaired) electrons. The van der Waals surface area contributed by atoms with E-state index >= 15 is 0 Å². The molecule has 3 nitrogen and oxygen atoms in total. The SMILES string of the molecule is Cc1ccc2c(oc3c(-c4cccc(-c5ccccc5)c4)c(C#N)ccc32)c1-c1scc[n+]1C. The molecule has 162 valence electrons. The second kappa shape index (κ2) is 7.98. The molecule has 0 unspecified atom stereocenters. The maximum Gasteiger partial charge on any atom is 0.272 e. The molecule has 0 saturated carbocycles. The van der Waals surface area contributed by atoms with E-state index in [0.717, 1.165) is 60.3 Å². The Morgan fingerprint density at radius 1 is 0.794 bits per heavy atom. The Hall–Kier alpha value is -4.20. The summed E-state index contributed by atoms with van der Waals surface area (Å²) in [5, 5.41) is 15.3. The van der Waals surface area contributed by atoms with Gasteiger partial charge in [-0.05, 0) is 47.4 Å². The maximum atomic E-state index is 9.99. The van der Waals surface area contributed by atoms with Gasteiger partial charge in [0.15, 0.2) is 11.8 Å². The Morgan fingerprint density at radius 2 is 1.50 bits per heavy atom. The van der Waals surface area contributed by atoms with Gasteiger partial charge in [0, 0.05) is 16.3 Å². The molecular formula is C30H21N2OS+. The van der Waals surface area contributed by atoms with Gasteiger partial charge in [0.1, 0.15) is 18.2 Å². The predicted molar refractivity (Wildman–Crippen MR) is 139 cm³/mol. The van der Waals surface area contributed by atoms with Crippen molar-refractivity contribution >= 4 is 33.3 Å². The van der Waals surface area contributed by atoms with E-state index in [2.05, 4.69) is 78.6 Å². The van der Waals surface area contributed by atoms with E-state index in [-0.39, 0.29) is 0 Å². The summed E-state index contributed by atoms with van der Waals surface area (Å²) in [6.07, 6.45) is 2.06. The van der Waals surface area contributed by atoms with Crippen LogP contribution in [0.2, 0.25) is 0 Å². The van der Waals surface area contributed by atoms with Crippen LogP contribution >= 0.6 is 11.3 Å². The standard InChI is InChI=1S/C30H21N2OS/c1-19-11-13-24-25-14-12-23(18-31)27(22-10-6-9-21(17-22)20-7-4-3-5-8-20)29(25)33-28(24)26(19)30-32(2)15-16-34-30/h3-17H,1-2H3/q+1. The number of fused-ring (bicyclic) bond motifs is 3. The zero-order valence-electron chi connectivity index (χ0n) is 18.9. The Morgan fingerprint density at radius 3 is 2.24 bits per heavy atom. The van der Waals surface area contributed by atoms with E-state index in [4.69, 9.17) is 4.42 Å². The molecule has 2 heterocycles. The van der Waals surface area contributed by atoms with Crippen molar-refractivity contribution in [3.05, 3.63) is 102 Å². The van der Waals surface area contributed by atoms with Crippen molar-refractivity contribution < 1.29 is 8.98 Å². The fourth-order valence-corrected chi connectivity index (χ4v) is 5.68. The number of hydrogen-bond donors (Lipinski definition) is 0. The molecule has 34 heavy (non-hydrogen) atoms. The molecule has 2 aromatic heterocycles. The zero-order chi connectivity index (χ0) is 23.2. The molecule has 4 aromatic carbocycles. The third-order valence-electron chi connectivity index (χ3n) is 6.40. The van der Waals surface area contributed by atoms with Crippen LogP contribution in [0.25, 0.3) is 54.8 Å². The first-order valence-corrected chi connectivity index (χ1v) is 12.0. The van der Waals surface area contributed by atoms with Crippen molar-refractivity contribution in [1.82, 2.24) is 0 Å². The summed E-state index contributed by atoms with van der Waals surface area (Å²) < 4.78 is 8.79. The molecule has 0 N–H and O–H groups in total. The first kappa shape index (κ1) is 20.4. The van der Waals surface area contributed by atoms with Crippen molar-refractivity contribution in [1.29, 1.82) is 5.26 Å². The number of nitriles is 1. The van der Waals surface area contributed by atoms with E-state index < -0.39 is 0 Å². The van der Waals surface area contributed by atoms with Crippen LogP contribution in [0, 0.1) is 18.3 Å². The van der Waals surface area contributed by atoms with Gasteiger partial charge in [0.05, 0.1) is 17.0 Å². The number of furan rings is 1. The number of hydrogen-bond acceptors (Lipinski definition) is 3. The average molecular weight is 458 g/mol. The molecule has 0 bridgehead atoms. The first-order chi connectivity index (χ1) is 16.7. The Labute approximate surface area is 201 Å². The molecule has 0 aliphatic rings. The van der Waals surface area contributed by atoms with Crippen molar-refractivity contribution in [2.24, 2.45) is 7.05 Å². The lowest BCUT2D eigenvalue weighted by molar-refractivity contribution is -0.655. The van der Waals surface area contributed by atoms with E-state index in [1.807, 2.05) is 36.4 Å². The summed E-state index contributed by atoms with van der Waals surface area (Å²) in [6.45, 7) is 2.12. The number of nitrogens with zero attached hydrogens (tertiary/aromatic N) is 2. The highest BCUT2D eigenvalue weighted by Crippen LogP contribution is 2.42. The normalized spacial score (nSPS) is 11.2. The van der Waals surface area contributed by atoms with Crippen LogP contribution in [0.4, 0.5) is 0 Å². The summed E-state index contributed by atoms with van der Waals surface area (Å²) >= 11 is 1.70. The summed E-state index contributed by atoms with van der Waals surface area (Å²) in [4.78, 5) is 0. The van der Waals surface area contributed by atoms with Crippen LogP contribution in [0.1, 0.15) is 11.1 Å². The minimum absolute atomic E-state index is 0.608. The molecule has 0 aliphatic carbocycles. The number of benzene rings is 4. The van der Waals surface area contributed by atoms with E-state index in [1.165, 1.54) is 0 Å². The number of rotatable bonds is 3. The van der Waals surface area contributed by atoms with Crippen molar-refractivity contribution in [3.8, 4) is 38.9 Å². The van der Waals surface area contributed by atoms with Crippen molar-refractivity contribution in [2.75, 3.05) is 0 Å². The van der Waals surface area contributed by atoms with Gasteiger partial charge in [0.25, 0.3) is 5.01 Å². The van der Waals surface area contributed by atoms with Crippen LogP contribution in [0.3, 0.4) is 0 Å². The third-order valence-corrected chi connectivity index (χ3v) is 7.37. The van der Waals surface area contributed by atoms with Crippen molar-refractivity contribution in [2.45, 2.75) is 6.92 Å². The smallest absolute Gasteiger partial charge is 0.272 e. The Kier molecular flexibility index (Phi) is 4.79. The highest BCUT2D eigenvalue weighted by molar-refractivity contribution is 7.12. The van der Waals surface area contributed by atoms with Crippen LogP contribution in [-0.4, -0.2) is 0 Å². The van der Waals surface area contributed by atoms with E-state index in [1.54, 1.807) is 11.3 Å². The van der Waals surface area contributed by atoms with E-state index in [9.17, 15) is 5.26 Å². The molecule has 0 spiro atoms. The van der Waals surface area contributed by atoms with E-state index in [0.29, 0.717) is 5.56 Å². The van der Waals surface area contributed by atoms with Crippen LogP contribution in [-0.2, 0) is 7.05 Å². The minimum atomic E-state index is 0.608. The molecule has 0 fully saturated rings. The fraction of sp³-hybridized carbons (Fsp3) is 0.0667. The van der Waals surface area contributed by atoms with Crippen molar-refractivity contribution in [3.63, 3.8) is 0 Å². The van der Waals surface area contributed by atoms with Crippen LogP contribution < -0.4 is 4.57 Å². The van der Waals surface area contributed by atoms with Crippen LogP contribution in [0.5, 0.6) is 0 Å². The molecule has 4 heteroatoms. The second-order valence-corrected chi connectivity index (χ2v) is 9.37. The zero-order valence-corrected chi connectivity index (χ0v) is 19.7. The van der Waals surface area contributed by atoms with Gasteiger partial charge < -0.3 is 4.42 Å². The van der Waals surface area contributed by atoms with Crippen LogP contribution in [0.15, 0.2) is 94.9 Å². The fourth-order valence-electron chi connectivity index (χ4n) is 4.70. The molecule has 6 rings (SSSR count). The molecule has 0 amide bonds. The van der Waals surface area contributed by atoms with Gasteiger partial charge >= 0.3 is 0 Å². The van der Waals surface area contributed by atoms with Gasteiger partial charge in [-0.15, -0.1) is 0 Å². The van der Waals surface area contributed by atoms with Gasteiger partial charge in [0.2, 0.25) is 0 Å². The quantitative estimate of drug-likeness (QED) is 0.256. The predicted octanol–water partition coefficient (Wildman–Crippen LogP) is 7.65. The topological polar surface area (TPSA) is 40.8 Å². The minimum Gasteiger partial charge on any atom is -0.454 e. The summed E-state index contributed by atoms with van der Waals surface area (Å²) in [6, 6.07) is 29.2. The van der Waals surface area contributed by atoms with Gasteiger partial charge in [-0.3, -0.25) is 0 Å². The van der Waals surface area contributed by atoms with Gasteiger partial charge in [-0.25, -0.2) is 0 Å². The summed E-state index contributed by atoms with van der Waals surface area (Å²) in [7, 11) is 2.06. The molecule has 0 aliphatic heterocycles. The lowest BCUT2D eigenvalue weighted by atomic mass is 9.94. The second-order valence-electron chi connectivity index (χ2n) is 8.48. The monoisotopic (exact) mass is 457 g/mol. The Balaban J connectivity index is 1.67. The molecule has 6 aromatic rings. The largest absolute Gasteiger partial charge is 0.454 e. The first-order valence-electron chi connectivity index (χ1n) is 11.1. The number of thiazole rings is 1. The molecular weight excluding hydrogens is 436 g/mol. The molecule has 0 atom stereocenters. The van der Waals surface area contributed by atoms with Gasteiger partial charge in [-0.2, -0.15) is 9.83 Å². The highest BCUT2D eigenvalue weighted by atomic mass is 32.1. The summed E-state index contributed by atoms with van der Waals surface area (Å²) in [5.74, 6) is 0. The molecule has 0 saturated heterocycles. The lowest BCUT2D eigenvalue weighted by Gasteiger charge is -2.08.